The maximum absolute atomic E-state index is 12.0. The average molecular weight is 289 g/mol. The molecule has 2 heterocycles. The fourth-order valence-corrected chi connectivity index (χ4v) is 3.75. The van der Waals surface area contributed by atoms with E-state index in [1.54, 1.807) is 19.2 Å². The van der Waals surface area contributed by atoms with E-state index in [2.05, 4.69) is 9.88 Å². The summed E-state index contributed by atoms with van der Waals surface area (Å²) in [5, 5.41) is 0. The number of fused-ring (bicyclic) bond motifs is 1. The van der Waals surface area contributed by atoms with Gasteiger partial charge in [-0.2, -0.15) is 0 Å². The number of pyridine rings is 1. The molecular weight excluding hydrogens is 266 g/mol. The Morgan fingerprint density at radius 2 is 2.24 bits per heavy atom. The Bertz CT molecular complexity index is 532. The number of aromatic nitrogens is 1. The molecule has 0 spiro atoms. The molecule has 5 heteroatoms. The molecule has 2 atom stereocenters. The van der Waals surface area contributed by atoms with Gasteiger partial charge in [0.1, 0.15) is 0 Å². The minimum Gasteiger partial charge on any atom is -0.462 e. The van der Waals surface area contributed by atoms with E-state index >= 15 is 0 Å². The van der Waals surface area contributed by atoms with Crippen LogP contribution in [0, 0.1) is 5.92 Å². The van der Waals surface area contributed by atoms with Gasteiger partial charge in [0.05, 0.1) is 17.9 Å². The first-order chi connectivity index (χ1) is 10.2. The lowest BCUT2D eigenvalue weighted by Gasteiger charge is -2.33. The quantitative estimate of drug-likeness (QED) is 0.866. The summed E-state index contributed by atoms with van der Waals surface area (Å²) in [5.74, 6) is 1.15. The number of carbonyl (C=O) groups excluding carboxylic acids is 1. The highest BCUT2D eigenvalue weighted by atomic mass is 16.5. The van der Waals surface area contributed by atoms with Gasteiger partial charge in [0.2, 0.25) is 0 Å². The van der Waals surface area contributed by atoms with Gasteiger partial charge in [-0.15, -0.1) is 0 Å². The molecule has 0 aromatic carbocycles. The number of ether oxygens (including phenoxy) is 1. The molecule has 3 rings (SSSR count). The molecule has 1 aliphatic heterocycles. The number of nitrogens with zero attached hydrogens (tertiary/aromatic N) is 2. The minimum atomic E-state index is -0.363. The lowest BCUT2D eigenvalue weighted by molar-refractivity contribution is 0.0527. The molecule has 2 N–H and O–H groups in total. The summed E-state index contributed by atoms with van der Waals surface area (Å²) in [6.07, 6.45) is 7.98. The molecule has 2 fully saturated rings. The van der Waals surface area contributed by atoms with Gasteiger partial charge < -0.3 is 15.4 Å². The summed E-state index contributed by atoms with van der Waals surface area (Å²) in [4.78, 5) is 18.7. The van der Waals surface area contributed by atoms with Crippen molar-refractivity contribution in [3.8, 4) is 0 Å². The van der Waals surface area contributed by atoms with Crippen LogP contribution < -0.4 is 10.6 Å². The minimum absolute atomic E-state index is 0.352. The first-order valence-corrected chi connectivity index (χ1v) is 7.90. The van der Waals surface area contributed by atoms with Gasteiger partial charge in [0.25, 0.3) is 0 Å². The maximum atomic E-state index is 12.0. The number of carbonyl (C=O) groups is 1. The molecular formula is C16H23N3O2. The first kappa shape index (κ1) is 14.2. The molecule has 1 aromatic rings. The molecule has 1 saturated carbocycles. The second kappa shape index (κ2) is 5.92. The Morgan fingerprint density at radius 1 is 1.43 bits per heavy atom. The van der Waals surface area contributed by atoms with Crippen LogP contribution in [0.3, 0.4) is 0 Å². The molecule has 5 nitrogen and oxygen atoms in total. The zero-order valence-corrected chi connectivity index (χ0v) is 12.5. The van der Waals surface area contributed by atoms with Gasteiger partial charge in [-0.25, -0.2) is 9.78 Å². The Labute approximate surface area is 125 Å². The number of nitrogen functional groups attached to an aromatic ring is 1. The first-order valence-electron chi connectivity index (χ1n) is 7.90. The van der Waals surface area contributed by atoms with Crippen molar-refractivity contribution < 1.29 is 9.53 Å². The molecule has 2 unspecified atom stereocenters. The Balaban J connectivity index is 1.88. The SMILES string of the molecule is CCOC(=O)c1ccnc(N2CCC3CCCCC32)c1N. The lowest BCUT2D eigenvalue weighted by atomic mass is 9.85. The van der Waals surface area contributed by atoms with E-state index in [-0.39, 0.29) is 5.97 Å². The van der Waals surface area contributed by atoms with E-state index < -0.39 is 0 Å². The third-order valence-corrected chi connectivity index (χ3v) is 4.75. The fraction of sp³-hybridized carbons (Fsp3) is 0.625. The largest absolute Gasteiger partial charge is 0.462 e. The van der Waals surface area contributed by atoms with Crippen molar-refractivity contribution in [2.75, 3.05) is 23.8 Å². The van der Waals surface area contributed by atoms with Crippen LogP contribution in [0.2, 0.25) is 0 Å². The van der Waals surface area contributed by atoms with Crippen LogP contribution in [-0.2, 0) is 4.74 Å². The maximum Gasteiger partial charge on any atom is 0.340 e. The zero-order chi connectivity index (χ0) is 14.8. The summed E-state index contributed by atoms with van der Waals surface area (Å²) in [7, 11) is 0. The van der Waals surface area contributed by atoms with Gasteiger partial charge in [0.15, 0.2) is 5.82 Å². The summed E-state index contributed by atoms with van der Waals surface area (Å²) < 4.78 is 5.07. The zero-order valence-electron chi connectivity index (χ0n) is 12.5. The van der Waals surface area contributed by atoms with Crippen LogP contribution in [0.5, 0.6) is 0 Å². The molecule has 1 aliphatic carbocycles. The fourth-order valence-electron chi connectivity index (χ4n) is 3.75. The van der Waals surface area contributed by atoms with Crippen molar-refractivity contribution >= 4 is 17.5 Å². The van der Waals surface area contributed by atoms with E-state index in [1.165, 1.54) is 32.1 Å². The number of hydrogen-bond donors (Lipinski definition) is 1. The highest BCUT2D eigenvalue weighted by molar-refractivity contribution is 5.97. The van der Waals surface area contributed by atoms with Gasteiger partial charge >= 0.3 is 5.97 Å². The monoisotopic (exact) mass is 289 g/mol. The van der Waals surface area contributed by atoms with Crippen molar-refractivity contribution in [2.45, 2.75) is 45.1 Å². The number of nitrogens with two attached hydrogens (primary N) is 1. The van der Waals surface area contributed by atoms with Crippen molar-refractivity contribution in [2.24, 2.45) is 5.92 Å². The van der Waals surface area contributed by atoms with Crippen LogP contribution in [0.15, 0.2) is 12.3 Å². The third-order valence-electron chi connectivity index (χ3n) is 4.75. The molecule has 0 radical (unpaired) electrons. The molecule has 0 bridgehead atoms. The van der Waals surface area contributed by atoms with Crippen molar-refractivity contribution in [1.82, 2.24) is 4.98 Å². The lowest BCUT2D eigenvalue weighted by Crippen LogP contribution is -2.36. The summed E-state index contributed by atoms with van der Waals surface area (Å²) in [6.45, 7) is 3.13. The smallest absolute Gasteiger partial charge is 0.340 e. The van der Waals surface area contributed by atoms with Crippen LogP contribution >= 0.6 is 0 Å². The van der Waals surface area contributed by atoms with Crippen molar-refractivity contribution in [3.05, 3.63) is 17.8 Å². The topological polar surface area (TPSA) is 68.5 Å². The Morgan fingerprint density at radius 3 is 3.05 bits per heavy atom. The highest BCUT2D eigenvalue weighted by Crippen LogP contribution is 2.40. The molecule has 0 amide bonds. The van der Waals surface area contributed by atoms with Crippen LogP contribution in [0.1, 0.15) is 49.4 Å². The normalized spacial score (nSPS) is 24.7. The van der Waals surface area contributed by atoms with Crippen LogP contribution in [0.25, 0.3) is 0 Å². The van der Waals surface area contributed by atoms with Gasteiger partial charge in [0, 0.05) is 18.8 Å². The van der Waals surface area contributed by atoms with E-state index in [0.29, 0.717) is 23.9 Å². The summed E-state index contributed by atoms with van der Waals surface area (Å²) in [5.41, 5.74) is 7.10. The predicted octanol–water partition coefficient (Wildman–Crippen LogP) is 2.61. The van der Waals surface area contributed by atoms with Gasteiger partial charge in [-0.3, -0.25) is 0 Å². The van der Waals surface area contributed by atoms with E-state index in [0.717, 1.165) is 18.3 Å². The average Bonchev–Trinajstić information content (AvgIpc) is 2.91. The molecule has 1 aromatic heterocycles. The van der Waals surface area contributed by atoms with Crippen molar-refractivity contribution in [1.29, 1.82) is 0 Å². The van der Waals surface area contributed by atoms with E-state index in [1.807, 2.05) is 0 Å². The second-order valence-corrected chi connectivity index (χ2v) is 5.91. The molecule has 21 heavy (non-hydrogen) atoms. The van der Waals surface area contributed by atoms with Gasteiger partial charge in [-0.1, -0.05) is 12.8 Å². The van der Waals surface area contributed by atoms with Gasteiger partial charge in [-0.05, 0) is 38.2 Å². The molecule has 114 valence electrons. The van der Waals surface area contributed by atoms with Crippen LogP contribution in [0.4, 0.5) is 11.5 Å². The number of hydrogen-bond acceptors (Lipinski definition) is 5. The van der Waals surface area contributed by atoms with Crippen molar-refractivity contribution in [3.63, 3.8) is 0 Å². The van der Waals surface area contributed by atoms with E-state index in [4.69, 9.17) is 10.5 Å². The van der Waals surface area contributed by atoms with E-state index in [9.17, 15) is 4.79 Å². The summed E-state index contributed by atoms with van der Waals surface area (Å²) in [6, 6.07) is 2.18. The number of esters is 1. The number of anilines is 2. The third kappa shape index (κ3) is 2.57. The van der Waals surface area contributed by atoms with Crippen LogP contribution in [-0.4, -0.2) is 30.1 Å². The standard InChI is InChI=1S/C16H23N3O2/c1-2-21-16(20)12-7-9-18-15(14(12)17)19-10-8-11-5-3-4-6-13(11)19/h7,9,11,13H,2-6,8,10,17H2,1H3. The highest BCUT2D eigenvalue weighted by Gasteiger charge is 2.37. The second-order valence-electron chi connectivity index (χ2n) is 5.91. The Kier molecular flexibility index (Phi) is 3.99. The summed E-state index contributed by atoms with van der Waals surface area (Å²) >= 11 is 0. The molecule has 1 saturated heterocycles. The number of rotatable bonds is 3. The Hall–Kier alpha value is -1.78. The predicted molar refractivity (Wildman–Crippen MR) is 82.3 cm³/mol. The molecule has 2 aliphatic rings.